The molecule has 0 unspecified atom stereocenters. The molecular weight excluding hydrogens is 196 g/mol. The van der Waals surface area contributed by atoms with E-state index in [-0.39, 0.29) is 12.5 Å². The van der Waals surface area contributed by atoms with E-state index in [0.717, 1.165) is 5.56 Å². The third-order valence-corrected chi connectivity index (χ3v) is 2.21. The number of anilines is 1. The Balaban J connectivity index is 2.25. The number of nitrogens with two attached hydrogens (primary N) is 1. The number of para-hydroxylation sites is 1. The molecule has 1 aliphatic rings. The average molecular weight is 208 g/mol. The maximum absolute atomic E-state index is 11.1. The number of amides is 1. The molecule has 5 nitrogen and oxygen atoms in total. The van der Waals surface area contributed by atoms with E-state index < -0.39 is 0 Å². The molecule has 0 aromatic heterocycles. The highest BCUT2D eigenvalue weighted by Gasteiger charge is 2.18. The molecule has 0 fully saturated rings. The molecule has 3 N–H and O–H groups in total. The second-order valence-electron chi connectivity index (χ2n) is 3.25. The summed E-state index contributed by atoms with van der Waals surface area (Å²) in [6.45, 7) is 0.487. The first-order valence-corrected chi connectivity index (χ1v) is 4.67. The van der Waals surface area contributed by atoms with Crippen molar-refractivity contribution in [2.45, 2.75) is 6.42 Å². The van der Waals surface area contributed by atoms with Crippen molar-refractivity contribution in [3.8, 4) is 5.75 Å². The molecule has 1 heterocycles. The molecule has 1 amide bonds. The van der Waals surface area contributed by atoms with Crippen LogP contribution in [0, 0.1) is 0 Å². The Bertz CT molecular complexity index is 379. The lowest BCUT2D eigenvalue weighted by molar-refractivity contribution is -0.118. The van der Waals surface area contributed by atoms with Gasteiger partial charge in [-0.2, -0.15) is 0 Å². The highest BCUT2D eigenvalue weighted by atomic mass is 16.6. The summed E-state index contributed by atoms with van der Waals surface area (Å²) >= 11 is 0. The van der Waals surface area contributed by atoms with Crippen molar-refractivity contribution in [2.75, 3.05) is 18.5 Å². The van der Waals surface area contributed by atoms with Crippen LogP contribution in [0.15, 0.2) is 18.2 Å². The van der Waals surface area contributed by atoms with Gasteiger partial charge in [0.05, 0.1) is 12.3 Å². The van der Waals surface area contributed by atoms with Gasteiger partial charge in [-0.05, 0) is 11.6 Å². The summed E-state index contributed by atoms with van der Waals surface area (Å²) in [6.07, 6.45) is 0.662. The second kappa shape index (κ2) is 4.29. The number of rotatable bonds is 3. The predicted molar refractivity (Wildman–Crippen MR) is 54.4 cm³/mol. The van der Waals surface area contributed by atoms with Crippen LogP contribution in [-0.2, 0) is 16.1 Å². The predicted octanol–water partition coefficient (Wildman–Crippen LogP) is 0.450. The maximum atomic E-state index is 11.1. The van der Waals surface area contributed by atoms with E-state index >= 15 is 0 Å². The van der Waals surface area contributed by atoms with Gasteiger partial charge in [-0.1, -0.05) is 12.1 Å². The van der Waals surface area contributed by atoms with E-state index in [1.165, 1.54) is 0 Å². The molecule has 2 rings (SSSR count). The molecule has 80 valence electrons. The quantitative estimate of drug-likeness (QED) is 0.707. The Hall–Kier alpha value is -1.59. The van der Waals surface area contributed by atoms with E-state index in [2.05, 4.69) is 10.2 Å². The minimum Gasteiger partial charge on any atom is -0.481 e. The fourth-order valence-electron chi connectivity index (χ4n) is 1.54. The van der Waals surface area contributed by atoms with Gasteiger partial charge >= 0.3 is 0 Å². The van der Waals surface area contributed by atoms with Crippen LogP contribution in [0.1, 0.15) is 5.56 Å². The molecule has 0 aliphatic carbocycles. The van der Waals surface area contributed by atoms with Crippen molar-refractivity contribution in [1.82, 2.24) is 0 Å². The SMILES string of the molecule is NOCCc1cccc2c1OCC(=O)N2. The standard InChI is InChI=1S/C10H12N2O3/c11-15-5-4-7-2-1-3-8-10(7)14-6-9(13)12-8/h1-3H,4-6,11H2,(H,12,13). The monoisotopic (exact) mass is 208 g/mol. The van der Waals surface area contributed by atoms with E-state index in [9.17, 15) is 4.79 Å². The van der Waals surface area contributed by atoms with Crippen molar-refractivity contribution in [2.24, 2.45) is 5.90 Å². The lowest BCUT2D eigenvalue weighted by atomic mass is 10.1. The first-order chi connectivity index (χ1) is 7.31. The lowest BCUT2D eigenvalue weighted by Crippen LogP contribution is -2.26. The topological polar surface area (TPSA) is 73.6 Å². The smallest absolute Gasteiger partial charge is 0.262 e. The summed E-state index contributed by atoms with van der Waals surface area (Å²) < 4.78 is 5.36. The molecule has 1 aromatic carbocycles. The van der Waals surface area contributed by atoms with Gasteiger partial charge in [0.2, 0.25) is 0 Å². The number of hydrogen-bond donors (Lipinski definition) is 2. The fourth-order valence-corrected chi connectivity index (χ4v) is 1.54. The van der Waals surface area contributed by atoms with E-state index in [0.29, 0.717) is 24.5 Å². The van der Waals surface area contributed by atoms with Crippen molar-refractivity contribution in [3.05, 3.63) is 23.8 Å². The van der Waals surface area contributed by atoms with Crippen molar-refractivity contribution in [3.63, 3.8) is 0 Å². The zero-order valence-electron chi connectivity index (χ0n) is 8.16. The molecular formula is C10H12N2O3. The highest BCUT2D eigenvalue weighted by molar-refractivity contribution is 5.95. The maximum Gasteiger partial charge on any atom is 0.262 e. The molecule has 0 spiro atoms. The Morgan fingerprint density at radius 3 is 3.20 bits per heavy atom. The summed E-state index contributed by atoms with van der Waals surface area (Å²) in [5.41, 5.74) is 1.69. The minimum atomic E-state index is -0.130. The normalized spacial score (nSPS) is 14.1. The van der Waals surface area contributed by atoms with Gasteiger partial charge in [0, 0.05) is 6.42 Å². The van der Waals surface area contributed by atoms with Gasteiger partial charge in [-0.25, -0.2) is 5.90 Å². The Labute approximate surface area is 87.1 Å². The molecule has 1 aromatic rings. The van der Waals surface area contributed by atoms with Crippen LogP contribution in [0.5, 0.6) is 5.75 Å². The molecule has 1 aliphatic heterocycles. The van der Waals surface area contributed by atoms with E-state index in [4.69, 9.17) is 10.6 Å². The zero-order valence-corrected chi connectivity index (χ0v) is 8.16. The number of fused-ring (bicyclic) bond motifs is 1. The van der Waals surface area contributed by atoms with Crippen molar-refractivity contribution < 1.29 is 14.4 Å². The number of carbonyl (C=O) groups is 1. The summed E-state index contributed by atoms with van der Waals surface area (Å²) in [5.74, 6) is 5.55. The Morgan fingerprint density at radius 1 is 1.53 bits per heavy atom. The number of carbonyl (C=O) groups excluding carboxylic acids is 1. The van der Waals surface area contributed by atoms with Crippen LogP contribution in [0.2, 0.25) is 0 Å². The molecule has 0 radical (unpaired) electrons. The lowest BCUT2D eigenvalue weighted by Gasteiger charge is -2.20. The number of nitrogens with one attached hydrogen (secondary N) is 1. The third kappa shape index (κ3) is 2.08. The van der Waals surface area contributed by atoms with Gasteiger partial charge < -0.3 is 14.9 Å². The first kappa shape index (κ1) is 9.95. The van der Waals surface area contributed by atoms with Crippen LogP contribution in [0.3, 0.4) is 0 Å². The van der Waals surface area contributed by atoms with E-state index in [1.807, 2.05) is 12.1 Å². The fraction of sp³-hybridized carbons (Fsp3) is 0.300. The average Bonchev–Trinajstić information content (AvgIpc) is 2.25. The molecule has 0 atom stereocenters. The number of benzene rings is 1. The number of hydrogen-bond acceptors (Lipinski definition) is 4. The Morgan fingerprint density at radius 2 is 2.40 bits per heavy atom. The van der Waals surface area contributed by atoms with Crippen LogP contribution in [-0.4, -0.2) is 19.1 Å². The first-order valence-electron chi connectivity index (χ1n) is 4.67. The Kier molecular flexibility index (Phi) is 2.84. The van der Waals surface area contributed by atoms with Gasteiger partial charge in [-0.15, -0.1) is 0 Å². The van der Waals surface area contributed by atoms with Gasteiger partial charge in [-0.3, -0.25) is 4.79 Å². The molecule has 0 saturated carbocycles. The van der Waals surface area contributed by atoms with Gasteiger partial charge in [0.1, 0.15) is 5.75 Å². The number of ether oxygens (including phenoxy) is 1. The van der Waals surface area contributed by atoms with Gasteiger partial charge in [0.25, 0.3) is 5.91 Å². The summed E-state index contributed by atoms with van der Waals surface area (Å²) in [7, 11) is 0. The third-order valence-electron chi connectivity index (χ3n) is 2.21. The van der Waals surface area contributed by atoms with Crippen molar-refractivity contribution in [1.29, 1.82) is 0 Å². The van der Waals surface area contributed by atoms with Crippen LogP contribution in [0.25, 0.3) is 0 Å². The molecule has 5 heteroatoms. The van der Waals surface area contributed by atoms with Gasteiger partial charge in [0.15, 0.2) is 6.61 Å². The van der Waals surface area contributed by atoms with Crippen LogP contribution < -0.4 is 16.0 Å². The summed E-state index contributed by atoms with van der Waals surface area (Å²) in [6, 6.07) is 5.59. The van der Waals surface area contributed by atoms with Crippen LogP contribution >= 0.6 is 0 Å². The largest absolute Gasteiger partial charge is 0.481 e. The second-order valence-corrected chi connectivity index (χ2v) is 3.25. The summed E-state index contributed by atoms with van der Waals surface area (Å²) in [5, 5.41) is 2.74. The van der Waals surface area contributed by atoms with Crippen molar-refractivity contribution >= 4 is 11.6 Å². The molecule has 0 bridgehead atoms. The molecule has 0 saturated heterocycles. The van der Waals surface area contributed by atoms with Crippen LogP contribution in [0.4, 0.5) is 5.69 Å². The van der Waals surface area contributed by atoms with E-state index in [1.54, 1.807) is 6.07 Å². The minimum absolute atomic E-state index is 0.0630. The zero-order chi connectivity index (χ0) is 10.7. The highest BCUT2D eigenvalue weighted by Crippen LogP contribution is 2.31. The summed E-state index contributed by atoms with van der Waals surface area (Å²) in [4.78, 5) is 15.6. The molecule has 15 heavy (non-hydrogen) atoms.